The Balaban J connectivity index is 1.43. The predicted molar refractivity (Wildman–Crippen MR) is 97.9 cm³/mol. The van der Waals surface area contributed by atoms with Gasteiger partial charge in [-0.25, -0.2) is 4.98 Å². The first-order valence-corrected chi connectivity index (χ1v) is 8.70. The maximum Gasteiger partial charge on any atom is 0.224 e. The first-order valence-electron chi connectivity index (χ1n) is 7.88. The average Bonchev–Trinajstić information content (AvgIpc) is 3.23. The number of fused-ring (bicyclic) bond motifs is 2. The zero-order valence-corrected chi connectivity index (χ0v) is 14.4. The van der Waals surface area contributed by atoms with E-state index in [-0.39, 0.29) is 12.3 Å². The summed E-state index contributed by atoms with van der Waals surface area (Å²) in [5.41, 5.74) is 2.54. The van der Waals surface area contributed by atoms with Gasteiger partial charge >= 0.3 is 0 Å². The van der Waals surface area contributed by atoms with E-state index in [1.54, 1.807) is 24.7 Å². The smallest absolute Gasteiger partial charge is 0.224 e. The Morgan fingerprint density at radius 3 is 3.00 bits per heavy atom. The summed E-state index contributed by atoms with van der Waals surface area (Å²) in [5, 5.41) is 4.75. The first-order chi connectivity index (χ1) is 12.2. The van der Waals surface area contributed by atoms with Crippen LogP contribution in [0.25, 0.3) is 21.2 Å². The zero-order chi connectivity index (χ0) is 17.2. The second-order valence-corrected chi connectivity index (χ2v) is 6.77. The maximum absolute atomic E-state index is 12.3. The van der Waals surface area contributed by atoms with Crippen LogP contribution in [0.15, 0.2) is 53.1 Å². The van der Waals surface area contributed by atoms with Gasteiger partial charge < -0.3 is 14.5 Å². The summed E-state index contributed by atoms with van der Waals surface area (Å²) in [5.74, 6) is 0.673. The Hall–Kier alpha value is -2.86. The van der Waals surface area contributed by atoms with E-state index in [0.29, 0.717) is 12.1 Å². The molecule has 0 aliphatic rings. The number of ether oxygens (including phenoxy) is 1. The molecule has 126 valence electrons. The van der Waals surface area contributed by atoms with E-state index in [1.807, 2.05) is 42.5 Å². The zero-order valence-electron chi connectivity index (χ0n) is 13.6. The fourth-order valence-corrected chi connectivity index (χ4v) is 3.64. The standard InChI is InChI=1S/C19H16N2O3S/c1-23-13-6-7-14-12(11-24-16(14)9-13)8-18(22)20-10-19-21-15-4-2-3-5-17(15)25-19/h2-7,9,11H,8,10H2,1H3,(H,20,22). The maximum atomic E-state index is 12.3. The third kappa shape index (κ3) is 3.21. The number of nitrogens with one attached hydrogen (secondary N) is 1. The van der Waals surface area contributed by atoms with Crippen LogP contribution >= 0.6 is 11.3 Å². The molecular weight excluding hydrogens is 336 g/mol. The number of aromatic nitrogens is 1. The molecule has 0 spiro atoms. The molecule has 1 N–H and O–H groups in total. The number of nitrogens with zero attached hydrogens (tertiary/aromatic N) is 1. The lowest BCUT2D eigenvalue weighted by atomic mass is 10.1. The van der Waals surface area contributed by atoms with Crippen molar-refractivity contribution < 1.29 is 13.9 Å². The molecule has 0 fully saturated rings. The largest absolute Gasteiger partial charge is 0.497 e. The number of rotatable bonds is 5. The van der Waals surface area contributed by atoms with E-state index in [9.17, 15) is 4.79 Å². The first kappa shape index (κ1) is 15.7. The summed E-state index contributed by atoms with van der Waals surface area (Å²) in [6.07, 6.45) is 1.89. The van der Waals surface area contributed by atoms with Gasteiger partial charge in [-0.3, -0.25) is 4.79 Å². The van der Waals surface area contributed by atoms with Crippen molar-refractivity contribution in [3.05, 3.63) is 59.3 Å². The Labute approximate surface area is 148 Å². The lowest BCUT2D eigenvalue weighted by Gasteiger charge is -2.02. The van der Waals surface area contributed by atoms with Gasteiger partial charge in [-0.05, 0) is 24.3 Å². The highest BCUT2D eigenvalue weighted by Crippen LogP contribution is 2.26. The summed E-state index contributed by atoms with van der Waals surface area (Å²) < 4.78 is 11.8. The van der Waals surface area contributed by atoms with Crippen LogP contribution in [0.4, 0.5) is 0 Å². The van der Waals surface area contributed by atoms with Crippen LogP contribution in [0.3, 0.4) is 0 Å². The number of carbonyl (C=O) groups is 1. The fraction of sp³-hybridized carbons (Fsp3) is 0.158. The highest BCUT2D eigenvalue weighted by molar-refractivity contribution is 7.18. The van der Waals surface area contributed by atoms with Crippen molar-refractivity contribution in [2.75, 3.05) is 7.11 Å². The van der Waals surface area contributed by atoms with Gasteiger partial charge in [0.2, 0.25) is 5.91 Å². The topological polar surface area (TPSA) is 64.4 Å². The monoisotopic (exact) mass is 352 g/mol. The Kier molecular flexibility index (Phi) is 4.11. The van der Waals surface area contributed by atoms with Gasteiger partial charge in [-0.2, -0.15) is 0 Å². The molecule has 0 aliphatic heterocycles. The number of para-hydroxylation sites is 1. The SMILES string of the molecule is COc1ccc2c(CC(=O)NCc3nc4ccccc4s3)coc2c1. The Morgan fingerprint density at radius 1 is 1.28 bits per heavy atom. The number of methoxy groups -OCH3 is 1. The summed E-state index contributed by atoms with van der Waals surface area (Å²) in [4.78, 5) is 16.8. The van der Waals surface area contributed by atoms with Gasteiger partial charge in [0, 0.05) is 17.0 Å². The third-order valence-electron chi connectivity index (χ3n) is 3.99. The Morgan fingerprint density at radius 2 is 2.16 bits per heavy atom. The predicted octanol–water partition coefficient (Wildman–Crippen LogP) is 3.91. The van der Waals surface area contributed by atoms with Gasteiger partial charge in [0.25, 0.3) is 0 Å². The number of benzene rings is 2. The lowest BCUT2D eigenvalue weighted by molar-refractivity contribution is -0.120. The van der Waals surface area contributed by atoms with Crippen LogP contribution in [0.1, 0.15) is 10.6 Å². The molecule has 4 aromatic rings. The van der Waals surface area contributed by atoms with Gasteiger partial charge in [-0.1, -0.05) is 12.1 Å². The number of amides is 1. The molecule has 0 atom stereocenters. The van der Waals surface area contributed by atoms with E-state index in [0.717, 1.165) is 31.9 Å². The number of hydrogen-bond donors (Lipinski definition) is 1. The van der Waals surface area contributed by atoms with Crippen molar-refractivity contribution in [2.24, 2.45) is 0 Å². The molecule has 2 aromatic carbocycles. The summed E-state index contributed by atoms with van der Waals surface area (Å²) in [6.45, 7) is 0.432. The third-order valence-corrected chi connectivity index (χ3v) is 5.03. The van der Waals surface area contributed by atoms with Crippen molar-refractivity contribution in [1.29, 1.82) is 0 Å². The van der Waals surface area contributed by atoms with Crippen molar-refractivity contribution in [3.63, 3.8) is 0 Å². The van der Waals surface area contributed by atoms with E-state index in [2.05, 4.69) is 10.3 Å². The van der Waals surface area contributed by atoms with Crippen LogP contribution in [0, 0.1) is 0 Å². The normalized spacial score (nSPS) is 11.1. The highest BCUT2D eigenvalue weighted by atomic mass is 32.1. The van der Waals surface area contributed by atoms with Crippen LogP contribution in [0.5, 0.6) is 5.75 Å². The van der Waals surface area contributed by atoms with Crippen molar-refractivity contribution in [1.82, 2.24) is 10.3 Å². The van der Waals surface area contributed by atoms with Gasteiger partial charge in [-0.15, -0.1) is 11.3 Å². The highest BCUT2D eigenvalue weighted by Gasteiger charge is 2.12. The molecule has 2 heterocycles. The van der Waals surface area contributed by atoms with Crippen LogP contribution < -0.4 is 10.1 Å². The average molecular weight is 352 g/mol. The molecule has 0 aliphatic carbocycles. The molecule has 25 heavy (non-hydrogen) atoms. The van der Waals surface area contributed by atoms with Crippen molar-refractivity contribution >= 4 is 38.4 Å². The minimum Gasteiger partial charge on any atom is -0.497 e. The van der Waals surface area contributed by atoms with Crippen LogP contribution in [-0.4, -0.2) is 18.0 Å². The van der Waals surface area contributed by atoms with Crippen LogP contribution in [0.2, 0.25) is 0 Å². The molecular formula is C19H16N2O3S. The second kappa shape index (κ2) is 6.57. The molecule has 5 nitrogen and oxygen atoms in total. The summed E-state index contributed by atoms with van der Waals surface area (Å²) in [7, 11) is 1.61. The fourth-order valence-electron chi connectivity index (χ4n) is 2.73. The molecule has 2 aromatic heterocycles. The number of furan rings is 1. The van der Waals surface area contributed by atoms with Gasteiger partial charge in [0.1, 0.15) is 16.3 Å². The van der Waals surface area contributed by atoms with E-state index >= 15 is 0 Å². The van der Waals surface area contributed by atoms with E-state index < -0.39 is 0 Å². The lowest BCUT2D eigenvalue weighted by Crippen LogP contribution is -2.24. The molecule has 0 bridgehead atoms. The second-order valence-electron chi connectivity index (χ2n) is 5.65. The molecule has 0 unspecified atom stereocenters. The van der Waals surface area contributed by atoms with Gasteiger partial charge in [0.15, 0.2) is 0 Å². The van der Waals surface area contributed by atoms with Gasteiger partial charge in [0.05, 0.1) is 36.6 Å². The van der Waals surface area contributed by atoms with E-state index in [1.165, 1.54) is 0 Å². The van der Waals surface area contributed by atoms with Crippen molar-refractivity contribution in [2.45, 2.75) is 13.0 Å². The van der Waals surface area contributed by atoms with Crippen molar-refractivity contribution in [3.8, 4) is 5.75 Å². The Bertz CT molecular complexity index is 1020. The minimum absolute atomic E-state index is 0.0576. The molecule has 6 heteroatoms. The molecule has 0 saturated heterocycles. The number of hydrogen-bond acceptors (Lipinski definition) is 5. The molecule has 0 saturated carbocycles. The van der Waals surface area contributed by atoms with E-state index in [4.69, 9.17) is 9.15 Å². The van der Waals surface area contributed by atoms with Crippen LogP contribution in [-0.2, 0) is 17.8 Å². The number of carbonyl (C=O) groups excluding carboxylic acids is 1. The minimum atomic E-state index is -0.0576. The summed E-state index contributed by atoms with van der Waals surface area (Å²) >= 11 is 1.60. The molecule has 4 rings (SSSR count). The quantitative estimate of drug-likeness (QED) is 0.591. The molecule has 1 amide bonds. The number of thiazole rings is 1. The summed E-state index contributed by atoms with van der Waals surface area (Å²) in [6, 6.07) is 13.5. The molecule has 0 radical (unpaired) electrons.